The van der Waals surface area contributed by atoms with Gasteiger partial charge in [0.15, 0.2) is 0 Å². The number of phenolic OH excluding ortho intramolecular Hbond substituents is 1. The SMILES string of the molecule is C=CCNC(=O)C(=O)N/N=C\c1ccccc1O. The summed E-state index contributed by atoms with van der Waals surface area (Å²) in [6.45, 7) is 3.60. The van der Waals surface area contributed by atoms with Crippen LogP contribution < -0.4 is 10.7 Å². The van der Waals surface area contributed by atoms with Crippen molar-refractivity contribution in [2.24, 2.45) is 5.10 Å². The first-order valence-electron chi connectivity index (χ1n) is 5.15. The van der Waals surface area contributed by atoms with Gasteiger partial charge in [-0.2, -0.15) is 5.10 Å². The Morgan fingerprint density at radius 3 is 2.72 bits per heavy atom. The van der Waals surface area contributed by atoms with Crippen LogP contribution in [0.25, 0.3) is 0 Å². The number of hydrogen-bond donors (Lipinski definition) is 3. The van der Waals surface area contributed by atoms with Gasteiger partial charge in [-0.1, -0.05) is 18.2 Å². The summed E-state index contributed by atoms with van der Waals surface area (Å²) in [5.74, 6) is -1.65. The van der Waals surface area contributed by atoms with Crippen molar-refractivity contribution in [3.63, 3.8) is 0 Å². The number of rotatable bonds is 4. The quantitative estimate of drug-likeness (QED) is 0.306. The van der Waals surface area contributed by atoms with Crippen molar-refractivity contribution in [3.05, 3.63) is 42.5 Å². The Hall–Kier alpha value is -2.63. The number of benzene rings is 1. The van der Waals surface area contributed by atoms with Gasteiger partial charge in [-0.05, 0) is 12.1 Å². The van der Waals surface area contributed by atoms with E-state index in [0.717, 1.165) is 0 Å². The molecule has 2 amide bonds. The summed E-state index contributed by atoms with van der Waals surface area (Å²) in [4.78, 5) is 22.3. The highest BCUT2D eigenvalue weighted by atomic mass is 16.3. The summed E-state index contributed by atoms with van der Waals surface area (Å²) in [5, 5.41) is 15.3. The molecule has 6 heteroatoms. The lowest BCUT2D eigenvalue weighted by molar-refractivity contribution is -0.139. The summed E-state index contributed by atoms with van der Waals surface area (Å²) in [6, 6.07) is 6.47. The smallest absolute Gasteiger partial charge is 0.329 e. The number of phenols is 1. The Balaban J connectivity index is 2.50. The van der Waals surface area contributed by atoms with Crippen molar-refractivity contribution in [2.45, 2.75) is 0 Å². The fourth-order valence-electron chi connectivity index (χ4n) is 1.05. The molecule has 94 valence electrons. The number of nitrogens with one attached hydrogen (secondary N) is 2. The van der Waals surface area contributed by atoms with E-state index in [-0.39, 0.29) is 12.3 Å². The molecule has 6 nitrogen and oxygen atoms in total. The molecular weight excluding hydrogens is 234 g/mol. The van der Waals surface area contributed by atoms with Crippen molar-refractivity contribution in [1.82, 2.24) is 10.7 Å². The van der Waals surface area contributed by atoms with E-state index in [2.05, 4.69) is 17.0 Å². The number of carbonyl (C=O) groups excluding carboxylic acids is 2. The monoisotopic (exact) mass is 247 g/mol. The van der Waals surface area contributed by atoms with E-state index in [1.165, 1.54) is 18.4 Å². The van der Waals surface area contributed by atoms with Gasteiger partial charge in [0.1, 0.15) is 5.75 Å². The zero-order chi connectivity index (χ0) is 13.4. The van der Waals surface area contributed by atoms with Crippen LogP contribution in [0.15, 0.2) is 42.0 Å². The molecule has 0 aliphatic heterocycles. The fraction of sp³-hybridized carbons (Fsp3) is 0.0833. The van der Waals surface area contributed by atoms with Crippen LogP contribution in [-0.4, -0.2) is 29.7 Å². The third-order valence-electron chi connectivity index (χ3n) is 1.92. The molecule has 1 rings (SSSR count). The van der Waals surface area contributed by atoms with Crippen LogP contribution in [0, 0.1) is 0 Å². The maximum atomic E-state index is 11.2. The molecule has 0 radical (unpaired) electrons. The minimum Gasteiger partial charge on any atom is -0.507 e. The predicted molar refractivity (Wildman–Crippen MR) is 67.1 cm³/mol. The molecule has 0 spiro atoms. The van der Waals surface area contributed by atoms with Gasteiger partial charge in [-0.15, -0.1) is 6.58 Å². The summed E-state index contributed by atoms with van der Waals surface area (Å²) in [5.41, 5.74) is 2.47. The van der Waals surface area contributed by atoms with Gasteiger partial charge in [0.2, 0.25) is 0 Å². The van der Waals surface area contributed by atoms with Crippen LogP contribution in [-0.2, 0) is 9.59 Å². The Kier molecular flexibility index (Phi) is 5.11. The maximum absolute atomic E-state index is 11.2. The van der Waals surface area contributed by atoms with E-state index < -0.39 is 11.8 Å². The molecule has 0 aliphatic rings. The predicted octanol–water partition coefficient (Wildman–Crippen LogP) is 0.144. The molecule has 0 bridgehead atoms. The lowest BCUT2D eigenvalue weighted by atomic mass is 10.2. The Morgan fingerprint density at radius 1 is 1.33 bits per heavy atom. The van der Waals surface area contributed by atoms with Gasteiger partial charge in [-0.3, -0.25) is 9.59 Å². The van der Waals surface area contributed by atoms with Gasteiger partial charge in [0.05, 0.1) is 6.21 Å². The lowest BCUT2D eigenvalue weighted by Gasteiger charge is -2.00. The van der Waals surface area contributed by atoms with Gasteiger partial charge in [-0.25, -0.2) is 5.43 Å². The first kappa shape index (κ1) is 13.4. The molecule has 1 aromatic rings. The average molecular weight is 247 g/mol. The molecular formula is C12H13N3O3. The number of hydrazone groups is 1. The van der Waals surface area contributed by atoms with E-state index in [0.29, 0.717) is 5.56 Å². The highest BCUT2D eigenvalue weighted by Crippen LogP contribution is 2.12. The number of aromatic hydroxyl groups is 1. The first-order valence-corrected chi connectivity index (χ1v) is 5.15. The molecule has 18 heavy (non-hydrogen) atoms. The third-order valence-corrected chi connectivity index (χ3v) is 1.92. The van der Waals surface area contributed by atoms with E-state index >= 15 is 0 Å². The number of para-hydroxylation sites is 1. The Morgan fingerprint density at radius 2 is 2.06 bits per heavy atom. The molecule has 0 atom stereocenters. The van der Waals surface area contributed by atoms with E-state index in [4.69, 9.17) is 0 Å². The van der Waals surface area contributed by atoms with E-state index in [1.54, 1.807) is 18.2 Å². The molecule has 0 aliphatic carbocycles. The number of nitrogens with zero attached hydrogens (tertiary/aromatic N) is 1. The number of hydrogen-bond acceptors (Lipinski definition) is 4. The minimum absolute atomic E-state index is 0.0339. The highest BCUT2D eigenvalue weighted by molar-refractivity contribution is 6.35. The topological polar surface area (TPSA) is 90.8 Å². The van der Waals surface area contributed by atoms with E-state index in [9.17, 15) is 14.7 Å². The van der Waals surface area contributed by atoms with Crippen LogP contribution in [0.4, 0.5) is 0 Å². The lowest BCUT2D eigenvalue weighted by Crippen LogP contribution is -2.37. The van der Waals surface area contributed by atoms with Crippen LogP contribution in [0.5, 0.6) is 5.75 Å². The molecule has 1 aromatic carbocycles. The second-order valence-corrected chi connectivity index (χ2v) is 3.26. The first-order chi connectivity index (χ1) is 8.65. The molecule has 0 unspecified atom stereocenters. The van der Waals surface area contributed by atoms with Crippen LogP contribution in [0.3, 0.4) is 0 Å². The summed E-state index contributed by atoms with van der Waals surface area (Å²) < 4.78 is 0. The third kappa shape index (κ3) is 4.09. The second kappa shape index (κ2) is 6.85. The van der Waals surface area contributed by atoms with Crippen molar-refractivity contribution < 1.29 is 14.7 Å². The van der Waals surface area contributed by atoms with Gasteiger partial charge in [0.25, 0.3) is 0 Å². The zero-order valence-electron chi connectivity index (χ0n) is 9.59. The van der Waals surface area contributed by atoms with Crippen LogP contribution >= 0.6 is 0 Å². The fourth-order valence-corrected chi connectivity index (χ4v) is 1.05. The molecule has 0 aromatic heterocycles. The molecule has 0 fully saturated rings. The van der Waals surface area contributed by atoms with Crippen molar-refractivity contribution >= 4 is 18.0 Å². The summed E-state index contributed by atoms with van der Waals surface area (Å²) in [6.07, 6.45) is 2.70. The van der Waals surface area contributed by atoms with Gasteiger partial charge >= 0.3 is 11.8 Å². The second-order valence-electron chi connectivity index (χ2n) is 3.26. The molecule has 0 saturated heterocycles. The van der Waals surface area contributed by atoms with Gasteiger partial charge in [0, 0.05) is 12.1 Å². The Labute approximate surface area is 104 Å². The van der Waals surface area contributed by atoms with Gasteiger partial charge < -0.3 is 10.4 Å². The molecule has 0 heterocycles. The highest BCUT2D eigenvalue weighted by Gasteiger charge is 2.10. The summed E-state index contributed by atoms with van der Waals surface area (Å²) >= 11 is 0. The van der Waals surface area contributed by atoms with Crippen molar-refractivity contribution in [1.29, 1.82) is 0 Å². The van der Waals surface area contributed by atoms with Crippen molar-refractivity contribution in [2.75, 3.05) is 6.54 Å². The van der Waals surface area contributed by atoms with Crippen molar-refractivity contribution in [3.8, 4) is 5.75 Å². The van der Waals surface area contributed by atoms with E-state index in [1.807, 2.05) is 5.43 Å². The minimum atomic E-state index is -0.886. The Bertz CT molecular complexity index is 483. The largest absolute Gasteiger partial charge is 0.507 e. The molecule has 0 saturated carbocycles. The molecule has 3 N–H and O–H groups in total. The van der Waals surface area contributed by atoms with Crippen LogP contribution in [0.2, 0.25) is 0 Å². The zero-order valence-corrected chi connectivity index (χ0v) is 9.59. The van der Waals surface area contributed by atoms with Crippen LogP contribution in [0.1, 0.15) is 5.56 Å². The standard InChI is InChI=1S/C12H13N3O3/c1-2-7-13-11(17)12(18)15-14-8-9-5-3-4-6-10(9)16/h2-6,8,16H,1,7H2,(H,13,17)(H,15,18)/b14-8-. The maximum Gasteiger partial charge on any atom is 0.329 e. The average Bonchev–Trinajstić information content (AvgIpc) is 2.38. The summed E-state index contributed by atoms with van der Waals surface area (Å²) in [7, 11) is 0. The number of carbonyl (C=O) groups is 2. The normalized spacial score (nSPS) is 10.0. The number of amides is 2.